The summed E-state index contributed by atoms with van der Waals surface area (Å²) in [6, 6.07) is 6.78. The van der Waals surface area contributed by atoms with Crippen LogP contribution in [0.3, 0.4) is 0 Å². The second-order valence-electron chi connectivity index (χ2n) is 3.97. The first kappa shape index (κ1) is 13.2. The van der Waals surface area contributed by atoms with Crippen LogP contribution in [0.5, 0.6) is 0 Å². The zero-order valence-corrected chi connectivity index (χ0v) is 10.6. The van der Waals surface area contributed by atoms with Gasteiger partial charge in [-0.15, -0.1) is 0 Å². The molecule has 0 radical (unpaired) electrons. The molecule has 1 atom stereocenters. The zero-order valence-electron chi connectivity index (χ0n) is 10.6. The van der Waals surface area contributed by atoms with Gasteiger partial charge >= 0.3 is 5.97 Å². The molecule has 4 nitrogen and oxygen atoms in total. The largest absolute Gasteiger partial charge is 0.467 e. The molecule has 1 amide bonds. The van der Waals surface area contributed by atoms with E-state index in [-0.39, 0.29) is 5.91 Å². The minimum absolute atomic E-state index is 0.180. The number of carbonyl (C=O) groups excluding carboxylic acids is 2. The van der Waals surface area contributed by atoms with Crippen LogP contribution in [-0.2, 0) is 14.3 Å². The molecule has 4 heteroatoms. The van der Waals surface area contributed by atoms with Crippen LogP contribution in [0.2, 0.25) is 0 Å². The highest BCUT2D eigenvalue weighted by molar-refractivity contribution is 5.84. The molecule has 1 rings (SSSR count). The van der Waals surface area contributed by atoms with E-state index in [1.807, 2.05) is 31.2 Å². The Hall–Kier alpha value is -1.84. The van der Waals surface area contributed by atoms with Crippen molar-refractivity contribution >= 4 is 11.9 Å². The molecule has 0 aromatic heterocycles. The van der Waals surface area contributed by atoms with Gasteiger partial charge in [0.25, 0.3) is 0 Å². The van der Waals surface area contributed by atoms with Crippen molar-refractivity contribution in [3.8, 4) is 0 Å². The lowest BCUT2D eigenvalue weighted by Gasteiger charge is -2.25. The number of rotatable bonds is 3. The van der Waals surface area contributed by atoms with Crippen LogP contribution in [0.25, 0.3) is 0 Å². The van der Waals surface area contributed by atoms with Gasteiger partial charge < -0.3 is 9.64 Å². The topological polar surface area (TPSA) is 46.6 Å². The summed E-state index contributed by atoms with van der Waals surface area (Å²) in [6.07, 6.45) is 0. The Kier molecular flexibility index (Phi) is 4.26. The molecule has 1 aromatic rings. The summed E-state index contributed by atoms with van der Waals surface area (Å²) in [7, 11) is 2.90. The fourth-order valence-electron chi connectivity index (χ4n) is 1.56. The van der Waals surface area contributed by atoms with Gasteiger partial charge in [0.15, 0.2) is 6.04 Å². The van der Waals surface area contributed by atoms with E-state index < -0.39 is 12.0 Å². The van der Waals surface area contributed by atoms with E-state index in [0.717, 1.165) is 11.1 Å². The van der Waals surface area contributed by atoms with Crippen molar-refractivity contribution < 1.29 is 14.3 Å². The van der Waals surface area contributed by atoms with E-state index >= 15 is 0 Å². The number of methoxy groups -OCH3 is 1. The van der Waals surface area contributed by atoms with Crippen molar-refractivity contribution in [1.29, 1.82) is 0 Å². The Bertz CT molecular complexity index is 411. The van der Waals surface area contributed by atoms with E-state index in [2.05, 4.69) is 0 Å². The highest BCUT2D eigenvalue weighted by Crippen LogP contribution is 2.21. The van der Waals surface area contributed by atoms with Crippen molar-refractivity contribution in [2.75, 3.05) is 14.2 Å². The average Bonchev–Trinajstić information content (AvgIpc) is 2.31. The molecular weight excluding hydrogens is 218 g/mol. The lowest BCUT2D eigenvalue weighted by atomic mass is 10.0. The minimum Gasteiger partial charge on any atom is -0.467 e. The predicted octanol–water partition coefficient (Wildman–Crippen LogP) is 1.69. The number of benzene rings is 1. The highest BCUT2D eigenvalue weighted by atomic mass is 16.5. The zero-order chi connectivity index (χ0) is 13.0. The van der Waals surface area contributed by atoms with E-state index in [0.29, 0.717) is 0 Å². The Morgan fingerprint density at radius 1 is 1.24 bits per heavy atom. The van der Waals surface area contributed by atoms with Gasteiger partial charge in [0.2, 0.25) is 5.91 Å². The monoisotopic (exact) mass is 235 g/mol. The predicted molar refractivity (Wildman–Crippen MR) is 64.4 cm³/mol. The van der Waals surface area contributed by atoms with Crippen LogP contribution in [0.1, 0.15) is 24.1 Å². The molecule has 0 aliphatic carbocycles. The van der Waals surface area contributed by atoms with Gasteiger partial charge in [0.1, 0.15) is 0 Å². The van der Waals surface area contributed by atoms with Crippen molar-refractivity contribution in [1.82, 2.24) is 4.90 Å². The Balaban J connectivity index is 3.10. The van der Waals surface area contributed by atoms with Gasteiger partial charge in [-0.05, 0) is 12.5 Å². The third kappa shape index (κ3) is 3.06. The fraction of sp³-hybridized carbons (Fsp3) is 0.385. The van der Waals surface area contributed by atoms with Gasteiger partial charge in [0, 0.05) is 14.0 Å². The third-order valence-corrected chi connectivity index (χ3v) is 2.70. The normalized spacial score (nSPS) is 11.8. The smallest absolute Gasteiger partial charge is 0.333 e. The molecule has 1 aromatic carbocycles. The molecule has 0 aliphatic rings. The number of amides is 1. The Morgan fingerprint density at radius 2 is 1.76 bits per heavy atom. The molecule has 0 spiro atoms. The maximum Gasteiger partial charge on any atom is 0.333 e. The molecule has 17 heavy (non-hydrogen) atoms. The van der Waals surface area contributed by atoms with Crippen LogP contribution in [0, 0.1) is 6.92 Å². The SMILES string of the molecule is COC(=O)C(c1ccc(C)cc1)N(C)C(C)=O. The molecule has 0 N–H and O–H groups in total. The summed E-state index contributed by atoms with van der Waals surface area (Å²) >= 11 is 0. The summed E-state index contributed by atoms with van der Waals surface area (Å²) in [5, 5.41) is 0. The van der Waals surface area contributed by atoms with Crippen LogP contribution in [-0.4, -0.2) is 30.9 Å². The molecule has 0 bridgehead atoms. The standard InChI is InChI=1S/C13H17NO3/c1-9-5-7-11(8-6-9)12(13(16)17-4)14(3)10(2)15/h5-8,12H,1-4H3. The van der Waals surface area contributed by atoms with Crippen LogP contribution >= 0.6 is 0 Å². The molecule has 92 valence electrons. The van der Waals surface area contributed by atoms with Crippen molar-refractivity contribution in [3.63, 3.8) is 0 Å². The number of hydrogen-bond acceptors (Lipinski definition) is 3. The molecular formula is C13H17NO3. The molecule has 1 unspecified atom stereocenters. The van der Waals surface area contributed by atoms with E-state index in [1.54, 1.807) is 7.05 Å². The number of carbonyl (C=O) groups is 2. The number of hydrogen-bond donors (Lipinski definition) is 0. The number of aryl methyl sites for hydroxylation is 1. The first-order valence-electron chi connectivity index (χ1n) is 5.35. The Morgan fingerprint density at radius 3 is 2.18 bits per heavy atom. The second kappa shape index (κ2) is 5.48. The van der Waals surface area contributed by atoms with Gasteiger partial charge in [0.05, 0.1) is 7.11 Å². The molecule has 0 aliphatic heterocycles. The van der Waals surface area contributed by atoms with E-state index in [4.69, 9.17) is 4.74 Å². The second-order valence-corrected chi connectivity index (χ2v) is 3.97. The van der Waals surface area contributed by atoms with Crippen molar-refractivity contribution in [2.45, 2.75) is 19.9 Å². The van der Waals surface area contributed by atoms with E-state index in [9.17, 15) is 9.59 Å². The molecule has 0 fully saturated rings. The van der Waals surface area contributed by atoms with Crippen molar-refractivity contribution in [2.24, 2.45) is 0 Å². The molecule has 0 saturated heterocycles. The summed E-state index contributed by atoms with van der Waals surface area (Å²) < 4.78 is 4.74. The lowest BCUT2D eigenvalue weighted by Crippen LogP contribution is -2.35. The van der Waals surface area contributed by atoms with E-state index in [1.165, 1.54) is 18.9 Å². The van der Waals surface area contributed by atoms with Gasteiger partial charge in [-0.25, -0.2) is 4.79 Å². The number of ether oxygens (including phenoxy) is 1. The van der Waals surface area contributed by atoms with Gasteiger partial charge in [-0.1, -0.05) is 29.8 Å². The minimum atomic E-state index is -0.682. The molecule has 0 saturated carbocycles. The van der Waals surface area contributed by atoms with Crippen LogP contribution in [0.4, 0.5) is 0 Å². The first-order valence-corrected chi connectivity index (χ1v) is 5.35. The van der Waals surface area contributed by atoms with Crippen molar-refractivity contribution in [3.05, 3.63) is 35.4 Å². The quantitative estimate of drug-likeness (QED) is 0.749. The fourth-order valence-corrected chi connectivity index (χ4v) is 1.56. The van der Waals surface area contributed by atoms with Crippen LogP contribution < -0.4 is 0 Å². The first-order chi connectivity index (χ1) is 7.97. The molecule has 0 heterocycles. The summed E-state index contributed by atoms with van der Waals surface area (Å²) in [4.78, 5) is 24.5. The maximum absolute atomic E-state index is 11.7. The van der Waals surface area contributed by atoms with Gasteiger partial charge in [-0.3, -0.25) is 4.79 Å². The average molecular weight is 235 g/mol. The Labute approximate surface area is 101 Å². The van der Waals surface area contributed by atoms with Gasteiger partial charge in [-0.2, -0.15) is 0 Å². The maximum atomic E-state index is 11.7. The summed E-state index contributed by atoms with van der Waals surface area (Å²) in [6.45, 7) is 3.38. The summed E-state index contributed by atoms with van der Waals surface area (Å²) in [5.74, 6) is -0.618. The third-order valence-electron chi connectivity index (χ3n) is 2.70. The summed E-state index contributed by atoms with van der Waals surface area (Å²) in [5.41, 5.74) is 1.85. The number of nitrogens with zero attached hydrogens (tertiary/aromatic N) is 1. The number of likely N-dealkylation sites (N-methyl/N-ethyl adjacent to an activating group) is 1. The lowest BCUT2D eigenvalue weighted by molar-refractivity contribution is -0.151. The highest BCUT2D eigenvalue weighted by Gasteiger charge is 2.27. The van der Waals surface area contributed by atoms with Crippen LogP contribution in [0.15, 0.2) is 24.3 Å². The number of esters is 1.